The molecule has 6 nitrogen and oxygen atoms in total. The van der Waals surface area contributed by atoms with Crippen molar-refractivity contribution in [3.8, 4) is 11.5 Å². The Morgan fingerprint density at radius 1 is 0.906 bits per heavy atom. The first kappa shape index (κ1) is 19.7. The van der Waals surface area contributed by atoms with Gasteiger partial charge in [-0.05, 0) is 35.9 Å². The molecule has 1 saturated heterocycles. The van der Waals surface area contributed by atoms with Gasteiger partial charge in [-0.15, -0.1) is 0 Å². The summed E-state index contributed by atoms with van der Waals surface area (Å²) < 4.78 is 38.0. The average molecular weight is 435 g/mol. The lowest BCUT2D eigenvalue weighted by atomic mass is 9.95. The van der Waals surface area contributed by atoms with Gasteiger partial charge in [0.1, 0.15) is 5.76 Å². The average Bonchev–Trinajstić information content (AvgIpc) is 3.38. The fourth-order valence-electron chi connectivity index (χ4n) is 3.88. The van der Waals surface area contributed by atoms with Crippen molar-refractivity contribution >= 4 is 23.1 Å². The molecule has 1 atom stereocenters. The van der Waals surface area contributed by atoms with Crippen LogP contribution in [0.3, 0.4) is 0 Å². The minimum Gasteiger partial charge on any atom is -0.507 e. The highest BCUT2D eigenvalue weighted by molar-refractivity contribution is 6.51. The van der Waals surface area contributed by atoms with Gasteiger partial charge < -0.3 is 14.6 Å². The largest absolute Gasteiger partial charge is 0.507 e. The molecule has 0 bridgehead atoms. The lowest BCUT2D eigenvalue weighted by Gasteiger charge is -2.25. The summed E-state index contributed by atoms with van der Waals surface area (Å²) in [6, 6.07) is 15.0. The van der Waals surface area contributed by atoms with Crippen LogP contribution in [0.5, 0.6) is 11.5 Å². The van der Waals surface area contributed by atoms with E-state index >= 15 is 0 Å². The molecule has 2 heterocycles. The zero-order chi connectivity index (χ0) is 22.4. The highest BCUT2D eigenvalue weighted by Gasteiger charge is 2.47. The van der Waals surface area contributed by atoms with Crippen molar-refractivity contribution in [1.29, 1.82) is 0 Å². The second-order valence-corrected chi connectivity index (χ2v) is 7.25. The molecule has 0 aliphatic carbocycles. The second kappa shape index (κ2) is 7.49. The van der Waals surface area contributed by atoms with E-state index in [1.165, 1.54) is 18.2 Å². The Morgan fingerprint density at radius 3 is 2.41 bits per heavy atom. The van der Waals surface area contributed by atoms with Crippen LogP contribution in [0.15, 0.2) is 72.3 Å². The fourth-order valence-corrected chi connectivity index (χ4v) is 3.88. The van der Waals surface area contributed by atoms with Crippen LogP contribution in [-0.2, 0) is 9.59 Å². The summed E-state index contributed by atoms with van der Waals surface area (Å²) in [5.41, 5.74) is 0.576. The van der Waals surface area contributed by atoms with Crippen molar-refractivity contribution in [1.82, 2.24) is 0 Å². The summed E-state index contributed by atoms with van der Waals surface area (Å²) in [5.74, 6) is -3.69. The number of amides is 1. The van der Waals surface area contributed by atoms with Crippen LogP contribution >= 0.6 is 0 Å². The fraction of sp³-hybridized carbons (Fsp3) is 0.0833. The molecule has 0 saturated carbocycles. The highest BCUT2D eigenvalue weighted by Crippen LogP contribution is 2.43. The van der Waals surface area contributed by atoms with Crippen LogP contribution in [0.1, 0.15) is 17.2 Å². The number of ether oxygens (including phenoxy) is 2. The first-order valence-corrected chi connectivity index (χ1v) is 9.66. The number of anilines is 1. The number of carbonyl (C=O) groups is 2. The smallest absolute Gasteiger partial charge is 0.300 e. The number of aliphatic hydroxyl groups is 1. The van der Waals surface area contributed by atoms with Crippen LogP contribution in [-0.4, -0.2) is 23.6 Å². The van der Waals surface area contributed by atoms with E-state index < -0.39 is 35.1 Å². The number of ketones is 1. The van der Waals surface area contributed by atoms with Crippen LogP contribution in [0.4, 0.5) is 14.5 Å². The van der Waals surface area contributed by atoms with Crippen LogP contribution in [0, 0.1) is 11.6 Å². The molecular weight excluding hydrogens is 420 g/mol. The number of halogens is 2. The molecular formula is C24H15F2NO5. The third-order valence-corrected chi connectivity index (χ3v) is 5.39. The van der Waals surface area contributed by atoms with E-state index in [4.69, 9.17) is 9.47 Å². The molecule has 1 fully saturated rings. The van der Waals surface area contributed by atoms with Gasteiger partial charge in [0.2, 0.25) is 6.79 Å². The lowest BCUT2D eigenvalue weighted by Crippen LogP contribution is -2.29. The maximum Gasteiger partial charge on any atom is 0.300 e. The molecule has 32 heavy (non-hydrogen) atoms. The second-order valence-electron chi connectivity index (χ2n) is 7.25. The third kappa shape index (κ3) is 3.08. The monoisotopic (exact) mass is 435 g/mol. The predicted molar refractivity (Wildman–Crippen MR) is 110 cm³/mol. The minimum atomic E-state index is -1.16. The summed E-state index contributed by atoms with van der Waals surface area (Å²) in [4.78, 5) is 27.1. The molecule has 0 aromatic heterocycles. The molecule has 1 amide bonds. The van der Waals surface area contributed by atoms with E-state index in [1.807, 2.05) is 0 Å². The molecule has 2 aliphatic heterocycles. The molecule has 0 radical (unpaired) electrons. The lowest BCUT2D eigenvalue weighted by molar-refractivity contribution is -0.132. The number of fused-ring (bicyclic) bond motifs is 1. The van der Waals surface area contributed by atoms with Crippen molar-refractivity contribution < 1.29 is 33.0 Å². The zero-order valence-corrected chi connectivity index (χ0v) is 16.4. The van der Waals surface area contributed by atoms with Crippen molar-refractivity contribution in [2.75, 3.05) is 11.7 Å². The highest BCUT2D eigenvalue weighted by atomic mass is 19.2. The van der Waals surface area contributed by atoms with E-state index in [1.54, 1.807) is 36.4 Å². The standard InChI is InChI=1S/C24H15F2NO5/c25-16-8-7-15(11-17(16)26)27-21(13-4-2-1-3-5-13)20(23(29)24(27)30)22(28)14-6-9-18-19(10-14)32-12-31-18/h1-11,21,28H,12H2/b22-20-. The molecule has 0 spiro atoms. The Bertz CT molecular complexity index is 1290. The number of Topliss-reactive ketones (excluding diaryl/α,β-unsaturated/α-hetero) is 1. The van der Waals surface area contributed by atoms with Gasteiger partial charge in [-0.2, -0.15) is 0 Å². The van der Waals surface area contributed by atoms with Crippen molar-refractivity contribution in [3.63, 3.8) is 0 Å². The summed E-state index contributed by atoms with van der Waals surface area (Å²) in [5, 5.41) is 11.1. The Morgan fingerprint density at radius 2 is 1.66 bits per heavy atom. The number of hydrogen-bond donors (Lipinski definition) is 1. The van der Waals surface area contributed by atoms with Gasteiger partial charge in [0.25, 0.3) is 11.7 Å². The quantitative estimate of drug-likeness (QED) is 0.377. The zero-order valence-electron chi connectivity index (χ0n) is 16.4. The molecule has 3 aromatic rings. The number of rotatable bonds is 3. The minimum absolute atomic E-state index is 0.00964. The van der Waals surface area contributed by atoms with Crippen molar-refractivity contribution in [3.05, 3.63) is 95.1 Å². The van der Waals surface area contributed by atoms with Gasteiger partial charge in [-0.3, -0.25) is 14.5 Å². The van der Waals surface area contributed by atoms with Gasteiger partial charge in [0, 0.05) is 17.3 Å². The van der Waals surface area contributed by atoms with Crippen molar-refractivity contribution in [2.24, 2.45) is 0 Å². The van der Waals surface area contributed by atoms with Gasteiger partial charge in [-0.25, -0.2) is 8.78 Å². The normalized spacial score (nSPS) is 18.9. The Labute approximate surface area is 180 Å². The molecule has 5 rings (SSSR count). The maximum absolute atomic E-state index is 13.9. The van der Waals surface area contributed by atoms with E-state index in [0.29, 0.717) is 17.1 Å². The van der Waals surface area contributed by atoms with Crippen LogP contribution < -0.4 is 14.4 Å². The van der Waals surface area contributed by atoms with Crippen molar-refractivity contribution in [2.45, 2.75) is 6.04 Å². The summed E-state index contributed by atoms with van der Waals surface area (Å²) >= 11 is 0. The maximum atomic E-state index is 13.9. The summed E-state index contributed by atoms with van der Waals surface area (Å²) in [7, 11) is 0. The molecule has 160 valence electrons. The number of aliphatic hydroxyl groups excluding tert-OH is 1. The summed E-state index contributed by atoms with van der Waals surface area (Å²) in [6.45, 7) is 0.0318. The van der Waals surface area contributed by atoms with Crippen LogP contribution in [0.2, 0.25) is 0 Å². The number of carbonyl (C=O) groups excluding carboxylic acids is 2. The first-order chi connectivity index (χ1) is 15.5. The first-order valence-electron chi connectivity index (χ1n) is 9.66. The topological polar surface area (TPSA) is 76.1 Å². The Kier molecular flexibility index (Phi) is 4.62. The van der Waals surface area contributed by atoms with Crippen LogP contribution in [0.25, 0.3) is 5.76 Å². The van der Waals surface area contributed by atoms with Gasteiger partial charge in [-0.1, -0.05) is 30.3 Å². The molecule has 8 heteroatoms. The number of hydrogen-bond acceptors (Lipinski definition) is 5. The van der Waals surface area contributed by atoms with Gasteiger partial charge in [0.15, 0.2) is 23.1 Å². The number of nitrogens with zero attached hydrogens (tertiary/aromatic N) is 1. The molecule has 3 aromatic carbocycles. The third-order valence-electron chi connectivity index (χ3n) is 5.39. The Balaban J connectivity index is 1.70. The SMILES string of the molecule is O=C1C(=O)N(c2ccc(F)c(F)c2)C(c2ccccc2)/C1=C(/O)c1ccc2c(c1)OCO2. The van der Waals surface area contributed by atoms with Gasteiger partial charge >= 0.3 is 0 Å². The summed E-state index contributed by atoms with van der Waals surface area (Å²) in [6.07, 6.45) is 0. The predicted octanol–water partition coefficient (Wildman–Crippen LogP) is 4.32. The molecule has 2 aliphatic rings. The molecule has 1 N–H and O–H groups in total. The van der Waals surface area contributed by atoms with E-state index in [0.717, 1.165) is 17.0 Å². The molecule has 1 unspecified atom stereocenters. The van der Waals surface area contributed by atoms with E-state index in [2.05, 4.69) is 0 Å². The number of benzene rings is 3. The van der Waals surface area contributed by atoms with E-state index in [-0.39, 0.29) is 23.6 Å². The van der Waals surface area contributed by atoms with E-state index in [9.17, 15) is 23.5 Å². The Hall–Kier alpha value is -4.20. The van der Waals surface area contributed by atoms with Gasteiger partial charge in [0.05, 0.1) is 11.6 Å².